The number of nitrogens with one attached hydrogen (secondary N) is 1. The summed E-state index contributed by atoms with van der Waals surface area (Å²) in [6.07, 6.45) is 2.32. The molecule has 7 heteroatoms. The monoisotopic (exact) mass is 408 g/mol. The molecule has 6 nitrogen and oxygen atoms in total. The van der Waals surface area contributed by atoms with Crippen molar-refractivity contribution in [1.82, 2.24) is 20.1 Å². The molecule has 0 saturated heterocycles. The van der Waals surface area contributed by atoms with Crippen LogP contribution in [-0.2, 0) is 4.79 Å². The lowest BCUT2D eigenvalue weighted by atomic mass is 9.98. The van der Waals surface area contributed by atoms with Crippen molar-refractivity contribution in [3.63, 3.8) is 0 Å². The third kappa shape index (κ3) is 4.62. The standard InChI is InChI=1S/C22H24N4O2S/c1-15-24-25-22(26(15)18-10-11-18)29-14-20(27)23-21(16-6-4-3-5-7-16)17-8-12-19(28-2)13-9-17/h3-9,12-13,18,21H,10-11,14H2,1-2H3,(H,23,27)/t21-/m0/s1. The van der Waals surface area contributed by atoms with Crippen LogP contribution in [0.4, 0.5) is 0 Å². The Kier molecular flexibility index (Phi) is 5.85. The van der Waals surface area contributed by atoms with Crippen molar-refractivity contribution >= 4 is 17.7 Å². The maximum Gasteiger partial charge on any atom is 0.231 e. The van der Waals surface area contributed by atoms with Gasteiger partial charge in [0, 0.05) is 6.04 Å². The number of amides is 1. The van der Waals surface area contributed by atoms with Gasteiger partial charge in [0.1, 0.15) is 11.6 Å². The second-order valence-electron chi connectivity index (χ2n) is 7.10. The van der Waals surface area contributed by atoms with Crippen LogP contribution in [0, 0.1) is 6.92 Å². The molecular weight excluding hydrogens is 384 g/mol. The minimum Gasteiger partial charge on any atom is -0.497 e. The highest BCUT2D eigenvalue weighted by atomic mass is 32.2. The second kappa shape index (κ2) is 8.69. The molecule has 0 spiro atoms. The van der Waals surface area contributed by atoms with Crippen LogP contribution in [-0.4, -0.2) is 33.5 Å². The Morgan fingerprint density at radius 1 is 1.14 bits per heavy atom. The molecule has 1 fully saturated rings. The summed E-state index contributed by atoms with van der Waals surface area (Å²) in [6, 6.07) is 18.0. The topological polar surface area (TPSA) is 69.0 Å². The van der Waals surface area contributed by atoms with Gasteiger partial charge >= 0.3 is 0 Å². The van der Waals surface area contributed by atoms with Gasteiger partial charge in [-0.1, -0.05) is 54.2 Å². The lowest BCUT2D eigenvalue weighted by molar-refractivity contribution is -0.119. The quantitative estimate of drug-likeness (QED) is 0.572. The van der Waals surface area contributed by atoms with E-state index in [0.29, 0.717) is 11.8 Å². The lowest BCUT2D eigenvalue weighted by Gasteiger charge is -2.20. The molecule has 29 heavy (non-hydrogen) atoms. The number of carbonyl (C=O) groups excluding carboxylic acids is 1. The largest absolute Gasteiger partial charge is 0.497 e. The molecule has 0 radical (unpaired) electrons. The molecular formula is C22H24N4O2S. The number of ether oxygens (including phenoxy) is 1. The van der Waals surface area contributed by atoms with Gasteiger partial charge in [0.2, 0.25) is 5.91 Å². The Morgan fingerprint density at radius 2 is 1.83 bits per heavy atom. The fraction of sp³-hybridized carbons (Fsp3) is 0.318. The van der Waals surface area contributed by atoms with E-state index in [1.54, 1.807) is 7.11 Å². The maximum absolute atomic E-state index is 12.8. The molecule has 1 aromatic heterocycles. The van der Waals surface area contributed by atoms with Crippen LogP contribution >= 0.6 is 11.8 Å². The van der Waals surface area contributed by atoms with Crippen LogP contribution in [0.3, 0.4) is 0 Å². The fourth-order valence-corrected chi connectivity index (χ4v) is 4.20. The highest BCUT2D eigenvalue weighted by Gasteiger charge is 2.28. The summed E-state index contributed by atoms with van der Waals surface area (Å²) in [5, 5.41) is 12.4. The summed E-state index contributed by atoms with van der Waals surface area (Å²) < 4.78 is 7.40. The molecule has 1 amide bonds. The summed E-state index contributed by atoms with van der Waals surface area (Å²) in [4.78, 5) is 12.8. The summed E-state index contributed by atoms with van der Waals surface area (Å²) in [5.41, 5.74) is 2.04. The molecule has 4 rings (SSSR count). The molecule has 1 aliphatic rings. The molecule has 0 unspecified atom stereocenters. The van der Waals surface area contributed by atoms with Gasteiger partial charge in [-0.15, -0.1) is 10.2 Å². The van der Waals surface area contributed by atoms with Gasteiger partial charge in [0.15, 0.2) is 5.16 Å². The van der Waals surface area contributed by atoms with E-state index in [4.69, 9.17) is 4.74 Å². The predicted molar refractivity (Wildman–Crippen MR) is 113 cm³/mol. The third-order valence-corrected chi connectivity index (χ3v) is 5.91. The number of hydrogen-bond acceptors (Lipinski definition) is 5. The van der Waals surface area contributed by atoms with Crippen molar-refractivity contribution in [3.05, 3.63) is 71.5 Å². The van der Waals surface area contributed by atoms with E-state index >= 15 is 0 Å². The maximum atomic E-state index is 12.8. The first-order chi connectivity index (χ1) is 14.2. The first kappa shape index (κ1) is 19.5. The van der Waals surface area contributed by atoms with Gasteiger partial charge in [0.05, 0.1) is 18.9 Å². The smallest absolute Gasteiger partial charge is 0.231 e. The van der Waals surface area contributed by atoms with Gasteiger partial charge in [-0.2, -0.15) is 0 Å². The molecule has 3 aromatic rings. The lowest BCUT2D eigenvalue weighted by Crippen LogP contribution is -2.30. The van der Waals surface area contributed by atoms with Crippen molar-refractivity contribution in [2.24, 2.45) is 0 Å². The van der Waals surface area contributed by atoms with Crippen molar-refractivity contribution in [3.8, 4) is 5.75 Å². The molecule has 1 atom stereocenters. The Labute approximate surface area is 174 Å². The molecule has 1 saturated carbocycles. The van der Waals surface area contributed by atoms with E-state index in [9.17, 15) is 4.79 Å². The first-order valence-electron chi connectivity index (χ1n) is 9.68. The summed E-state index contributed by atoms with van der Waals surface area (Å²) >= 11 is 1.44. The van der Waals surface area contributed by atoms with Gasteiger partial charge in [-0.25, -0.2) is 0 Å². The van der Waals surface area contributed by atoms with Gasteiger partial charge in [-0.3, -0.25) is 4.79 Å². The van der Waals surface area contributed by atoms with Crippen LogP contribution in [0.1, 0.15) is 41.9 Å². The van der Waals surface area contributed by atoms with Gasteiger partial charge < -0.3 is 14.6 Å². The average molecular weight is 409 g/mol. The Bertz CT molecular complexity index is 968. The van der Waals surface area contributed by atoms with Crippen molar-refractivity contribution in [2.75, 3.05) is 12.9 Å². The number of hydrogen-bond donors (Lipinski definition) is 1. The van der Waals surface area contributed by atoms with E-state index in [-0.39, 0.29) is 11.9 Å². The SMILES string of the molecule is COc1ccc([C@@H](NC(=O)CSc2nnc(C)n2C2CC2)c2ccccc2)cc1. The average Bonchev–Trinajstić information content (AvgIpc) is 3.53. The normalized spacial score (nSPS) is 14.4. The highest BCUT2D eigenvalue weighted by Crippen LogP contribution is 2.38. The van der Waals surface area contributed by atoms with Crippen LogP contribution in [0.25, 0.3) is 0 Å². The number of methoxy groups -OCH3 is 1. The molecule has 1 aliphatic carbocycles. The van der Waals surface area contributed by atoms with E-state index < -0.39 is 0 Å². The van der Waals surface area contributed by atoms with E-state index in [1.165, 1.54) is 11.8 Å². The summed E-state index contributed by atoms with van der Waals surface area (Å²) in [7, 11) is 1.64. The van der Waals surface area contributed by atoms with Crippen LogP contribution in [0.15, 0.2) is 59.8 Å². The van der Waals surface area contributed by atoms with E-state index in [1.807, 2.05) is 61.5 Å². The number of nitrogens with zero attached hydrogens (tertiary/aromatic N) is 3. The number of thioether (sulfide) groups is 1. The number of carbonyl (C=O) groups is 1. The van der Waals surface area contributed by atoms with E-state index in [2.05, 4.69) is 20.1 Å². The van der Waals surface area contributed by atoms with Gasteiger partial charge in [0.25, 0.3) is 0 Å². The van der Waals surface area contributed by atoms with Crippen LogP contribution in [0.2, 0.25) is 0 Å². The molecule has 2 aromatic carbocycles. The zero-order chi connectivity index (χ0) is 20.2. The number of aryl methyl sites for hydroxylation is 1. The fourth-order valence-electron chi connectivity index (χ4n) is 3.34. The first-order valence-corrected chi connectivity index (χ1v) is 10.7. The summed E-state index contributed by atoms with van der Waals surface area (Å²) in [6.45, 7) is 1.96. The van der Waals surface area contributed by atoms with E-state index in [0.717, 1.165) is 40.7 Å². The Hall–Kier alpha value is -2.80. The zero-order valence-electron chi connectivity index (χ0n) is 16.5. The molecule has 150 valence electrons. The number of benzene rings is 2. The van der Waals surface area contributed by atoms with Crippen LogP contribution in [0.5, 0.6) is 5.75 Å². The predicted octanol–water partition coefficient (Wildman–Crippen LogP) is 3.93. The second-order valence-corrected chi connectivity index (χ2v) is 8.05. The van der Waals surface area contributed by atoms with Crippen LogP contribution < -0.4 is 10.1 Å². The van der Waals surface area contributed by atoms with Crippen molar-refractivity contribution in [2.45, 2.75) is 37.0 Å². The minimum atomic E-state index is -0.224. The Balaban J connectivity index is 1.47. The van der Waals surface area contributed by atoms with Crippen molar-refractivity contribution < 1.29 is 9.53 Å². The minimum absolute atomic E-state index is 0.0392. The highest BCUT2D eigenvalue weighted by molar-refractivity contribution is 7.99. The molecule has 1 heterocycles. The summed E-state index contributed by atoms with van der Waals surface area (Å²) in [5.74, 6) is 1.96. The Morgan fingerprint density at radius 3 is 2.48 bits per heavy atom. The molecule has 1 N–H and O–H groups in total. The van der Waals surface area contributed by atoms with Gasteiger partial charge in [-0.05, 0) is 43.0 Å². The molecule has 0 aliphatic heterocycles. The number of aromatic nitrogens is 3. The van der Waals surface area contributed by atoms with Crippen molar-refractivity contribution in [1.29, 1.82) is 0 Å². The zero-order valence-corrected chi connectivity index (χ0v) is 17.4. The number of rotatable bonds is 8. The third-order valence-electron chi connectivity index (χ3n) is 4.97. The molecule has 0 bridgehead atoms.